The SMILES string of the molecule is COC(=O)[C@@H]1O[C@@H](O[C@@H]2[C@@H](NC(=O)C(F)(F)F)[C@H](O[C@H]3[C@H](OCc4ccccc4)[C@@H](OC(=O)c4ccccc4)[C@H](O[C@@H]4[C@@H](NC(=O)C(F)(F)F)[C@H](Oc5ccc(OC)cc5)O[C@@H]5CO[Si](C(C)(C)C)(C(C)(C)C)O[C@H]45)O[C@@H]3C(=O)OCc3ccccc3)O[C@H](COC(C)=O)[C@@H]2OC(C)=O)[C@H](OC(=O)CCC(C)=O)[C@@H](OCc2ccccc2)[C@@H]1OC(=O)CCC(C)=O. The molecule has 5 saturated heterocycles. The van der Waals surface area contributed by atoms with Crippen LogP contribution >= 0.6 is 0 Å². The first-order chi connectivity index (χ1) is 59.6. The number of ether oxygens (including phenoxy) is 18. The molecule has 0 radical (unpaired) electrons. The van der Waals surface area contributed by atoms with Crippen molar-refractivity contribution in [1.82, 2.24) is 10.6 Å². The van der Waals surface area contributed by atoms with Gasteiger partial charge in [-0.2, -0.15) is 26.3 Å². The second-order valence-corrected chi connectivity index (χ2v) is 36.9. The van der Waals surface area contributed by atoms with E-state index in [4.69, 9.17) is 94.1 Å². The first-order valence-corrected chi connectivity index (χ1v) is 41.9. The summed E-state index contributed by atoms with van der Waals surface area (Å²) in [5, 5.41) is 1.78. The topological polar surface area (TPSA) is 396 Å². The number of rotatable bonds is 34. The fourth-order valence-electron chi connectivity index (χ4n) is 15.0. The molecule has 33 nitrogen and oxygen atoms in total. The fourth-order valence-corrected chi connectivity index (χ4v) is 19.9. The lowest BCUT2D eigenvalue weighted by molar-refractivity contribution is -0.373. The number of alkyl halides is 6. The van der Waals surface area contributed by atoms with Gasteiger partial charge in [0.25, 0.3) is 0 Å². The molecule has 0 aromatic heterocycles. The van der Waals surface area contributed by atoms with Crippen LogP contribution in [0.1, 0.15) is 122 Å². The molecule has 686 valence electrons. The van der Waals surface area contributed by atoms with Crippen molar-refractivity contribution < 1.29 is 173 Å². The number of hydrogen-bond acceptors (Lipinski definition) is 31. The summed E-state index contributed by atoms with van der Waals surface area (Å²) in [6.07, 6.45) is -55.5. The molecule has 0 unspecified atom stereocenters. The van der Waals surface area contributed by atoms with Crippen molar-refractivity contribution in [3.05, 3.63) is 168 Å². The lowest BCUT2D eigenvalue weighted by Crippen LogP contribution is -2.75. The van der Waals surface area contributed by atoms with Gasteiger partial charge in [0, 0.05) is 36.8 Å². The monoisotopic (exact) mass is 1800 g/mol. The number of Topliss-reactive ketones (excluding diaryl/α,β-unsaturated/α-hetero) is 2. The zero-order valence-electron chi connectivity index (χ0n) is 70.7. The first kappa shape index (κ1) is 97.8. The summed E-state index contributed by atoms with van der Waals surface area (Å²) in [6.45, 7) is 11.2. The third-order valence-corrected chi connectivity index (χ3v) is 25.8. The molecule has 0 saturated carbocycles. The maximum atomic E-state index is 16.1. The van der Waals surface area contributed by atoms with Crippen LogP contribution < -0.4 is 20.1 Å². The molecular formula is C86H100F6N2O31Si. The predicted octanol–water partition coefficient (Wildman–Crippen LogP) is 9.05. The number of benzene rings is 5. The number of halogens is 6. The van der Waals surface area contributed by atoms with Crippen LogP contribution in [0.5, 0.6) is 11.5 Å². The van der Waals surface area contributed by atoms with E-state index in [1.165, 1.54) is 86.0 Å². The molecule has 5 aliphatic heterocycles. The number of hydrogen-bond donors (Lipinski definition) is 2. The van der Waals surface area contributed by atoms with E-state index in [2.05, 4.69) is 0 Å². The fraction of sp³-hybridized carbons (Fsp3) is 0.523. The first-order valence-electron chi connectivity index (χ1n) is 40.1. The average molecular weight is 1800 g/mol. The zero-order valence-corrected chi connectivity index (χ0v) is 71.7. The molecule has 0 spiro atoms. The molecule has 5 aromatic carbocycles. The van der Waals surface area contributed by atoms with Gasteiger partial charge in [-0.3, -0.25) is 28.8 Å². The van der Waals surface area contributed by atoms with Crippen LogP contribution in [-0.2, 0) is 152 Å². The second kappa shape index (κ2) is 43.0. The van der Waals surface area contributed by atoms with Crippen molar-refractivity contribution in [2.24, 2.45) is 0 Å². The lowest BCUT2D eigenvalue weighted by Gasteiger charge is -2.58. The van der Waals surface area contributed by atoms with Gasteiger partial charge in [0.1, 0.15) is 97.2 Å². The number of nitrogens with one attached hydrogen (secondary N) is 2. The Morgan fingerprint density at radius 3 is 1.37 bits per heavy atom. The summed E-state index contributed by atoms with van der Waals surface area (Å²) < 4.78 is 220. The van der Waals surface area contributed by atoms with Crippen molar-refractivity contribution in [1.29, 1.82) is 0 Å². The van der Waals surface area contributed by atoms with Crippen LogP contribution in [-0.4, -0.2) is 236 Å². The highest BCUT2D eigenvalue weighted by Crippen LogP contribution is 2.56. The van der Waals surface area contributed by atoms with Gasteiger partial charge in [0.15, 0.2) is 55.5 Å². The maximum Gasteiger partial charge on any atom is 0.471 e. The van der Waals surface area contributed by atoms with Crippen LogP contribution in [0.15, 0.2) is 146 Å². The van der Waals surface area contributed by atoms with Crippen molar-refractivity contribution in [2.75, 3.05) is 27.4 Å². The van der Waals surface area contributed by atoms with Gasteiger partial charge in [0.05, 0.1) is 52.4 Å². The Kier molecular flexibility index (Phi) is 33.3. The summed E-state index contributed by atoms with van der Waals surface area (Å²) in [4.78, 5) is 154. The molecule has 5 fully saturated rings. The summed E-state index contributed by atoms with van der Waals surface area (Å²) in [5.74, 6) is -15.6. The van der Waals surface area contributed by atoms with Gasteiger partial charge in [-0.25, -0.2) is 14.4 Å². The van der Waals surface area contributed by atoms with Gasteiger partial charge >= 0.3 is 74.5 Å². The smallest absolute Gasteiger partial charge is 0.471 e. The summed E-state index contributed by atoms with van der Waals surface area (Å²) in [7, 11) is -1.79. The highest BCUT2D eigenvalue weighted by molar-refractivity contribution is 6.73. The number of methoxy groups -OCH3 is 2. The number of amides is 2. The Bertz CT molecular complexity index is 4530. The predicted molar refractivity (Wildman–Crippen MR) is 421 cm³/mol. The molecule has 20 atom stereocenters. The molecule has 40 heteroatoms. The summed E-state index contributed by atoms with van der Waals surface area (Å²) in [6, 6.07) is 30.8. The normalized spacial score (nSPS) is 27.3. The van der Waals surface area contributed by atoms with E-state index < -0.39 is 278 Å². The lowest BCUT2D eigenvalue weighted by atomic mass is 9.93. The molecule has 10 rings (SSSR count). The third-order valence-electron chi connectivity index (χ3n) is 20.7. The van der Waals surface area contributed by atoms with Gasteiger partial charge < -0.3 is 114 Å². The zero-order chi connectivity index (χ0) is 91.8. The Morgan fingerprint density at radius 2 is 0.889 bits per heavy atom. The summed E-state index contributed by atoms with van der Waals surface area (Å²) in [5.41, 5.74) is 0.628. The van der Waals surface area contributed by atoms with E-state index in [1.54, 1.807) is 114 Å². The van der Waals surface area contributed by atoms with Gasteiger partial charge in [0.2, 0.25) is 6.29 Å². The van der Waals surface area contributed by atoms with E-state index >= 15 is 35.9 Å². The van der Waals surface area contributed by atoms with Gasteiger partial charge in [-0.05, 0) is 66.9 Å². The van der Waals surface area contributed by atoms with Crippen LogP contribution in [0.4, 0.5) is 26.3 Å². The molecule has 0 bridgehead atoms. The van der Waals surface area contributed by atoms with E-state index in [1.807, 2.05) is 5.32 Å². The maximum absolute atomic E-state index is 16.1. The molecule has 5 heterocycles. The van der Waals surface area contributed by atoms with Gasteiger partial charge in [-0.1, -0.05) is 151 Å². The van der Waals surface area contributed by atoms with E-state index in [0.717, 1.165) is 34.8 Å². The Hall–Kier alpha value is -10.4. The number of ketones is 2. The van der Waals surface area contributed by atoms with Crippen molar-refractivity contribution in [3.63, 3.8) is 0 Å². The molecule has 2 N–H and O–H groups in total. The number of carbonyl (C=O) groups is 11. The average Bonchev–Trinajstić information content (AvgIpc) is 0.720. The minimum absolute atomic E-state index is 0.0987. The highest BCUT2D eigenvalue weighted by Gasteiger charge is 2.68. The summed E-state index contributed by atoms with van der Waals surface area (Å²) >= 11 is 0. The standard InChI is InChI=1S/C86H100F6N2O31Si/c1-46(95)33-39-58(99)117-68-66(109-41-50-25-17-13-18-26-50)72(118-59(100)40-34-47(2)96)79(123-70(68)75(102)107-12)120-64-60(93-81(104)85(87,88)89)78(115-56(44-108-48(3)97)62(64)113-49(4)98)122-69-67(110-42-51-27-19-14-20-28-51)73(119-74(101)53-31-23-16-24-32-53)80(124-71(69)76(103)111-43-52-29-21-15-22-30-52)121-65-61(94-82(105)86(90,91)92)77(114-55-37-35-54(106-11)36-38-55)116-57-45-112-126(83(5,6)7,84(8,9)10)125-63(57)65/h13-32,35-38,56-57,60-73,77-80H,33-34,39-45H2,1-12H3,(H,93,104)(H,94,105)/t56-,57-,60-,61-,62+,63+,64-,65-,66+,67+,68+,69+,70-,71+,72-,73-,77-,78+,79-,80-/m1/s1. The van der Waals surface area contributed by atoms with Crippen LogP contribution in [0.2, 0.25) is 10.1 Å². The minimum Gasteiger partial charge on any atom is -0.497 e. The van der Waals surface area contributed by atoms with E-state index in [0.29, 0.717) is 11.3 Å². The molecule has 126 heavy (non-hydrogen) atoms. The third kappa shape index (κ3) is 25.3. The number of fused-ring (bicyclic) bond motifs is 1. The molecule has 5 aliphatic rings. The molecular weight excluding hydrogens is 1700 g/mol. The molecule has 2 amide bonds. The quantitative estimate of drug-likeness (QED) is 0.0168. The van der Waals surface area contributed by atoms with Crippen molar-refractivity contribution in [2.45, 2.75) is 260 Å². The number of esters is 7. The largest absolute Gasteiger partial charge is 0.497 e. The van der Waals surface area contributed by atoms with Crippen LogP contribution in [0, 0.1) is 0 Å². The minimum atomic E-state index is -5.97. The van der Waals surface area contributed by atoms with Crippen molar-refractivity contribution >= 4 is 73.7 Å². The Balaban J connectivity index is 1.23. The molecule has 0 aliphatic carbocycles. The molecule has 5 aromatic rings. The van der Waals surface area contributed by atoms with Gasteiger partial charge in [-0.15, -0.1) is 0 Å². The Morgan fingerprint density at radius 1 is 0.437 bits per heavy atom. The van der Waals surface area contributed by atoms with E-state index in [9.17, 15) is 43.2 Å². The highest BCUT2D eigenvalue weighted by atomic mass is 28.4. The van der Waals surface area contributed by atoms with E-state index in [-0.39, 0.29) is 22.4 Å². The van der Waals surface area contributed by atoms with Crippen LogP contribution in [0.25, 0.3) is 0 Å². The number of carbonyl (C=O) groups excluding carboxylic acids is 11. The van der Waals surface area contributed by atoms with Crippen LogP contribution in [0.3, 0.4) is 0 Å². The van der Waals surface area contributed by atoms with Crippen molar-refractivity contribution in [3.8, 4) is 11.5 Å². The second-order valence-electron chi connectivity index (χ2n) is 32.1. The Labute approximate surface area is 721 Å².